The van der Waals surface area contributed by atoms with Gasteiger partial charge < -0.3 is 10.0 Å². The van der Waals surface area contributed by atoms with Gasteiger partial charge in [0, 0.05) is 0 Å². The molecular formula is C17H21NO3. The summed E-state index contributed by atoms with van der Waals surface area (Å²) in [5.74, 6) is 0.807. The molecule has 4 heteroatoms. The van der Waals surface area contributed by atoms with Crippen LogP contribution in [0.5, 0.6) is 0 Å². The van der Waals surface area contributed by atoms with Crippen LogP contribution in [0.3, 0.4) is 0 Å². The molecule has 0 aromatic heterocycles. The second-order valence-electron chi connectivity index (χ2n) is 5.07. The number of nitrogens with zero attached hydrogens (tertiary/aromatic N) is 1. The quantitative estimate of drug-likeness (QED) is 0.783. The Morgan fingerprint density at radius 3 is 2.43 bits per heavy atom. The summed E-state index contributed by atoms with van der Waals surface area (Å²) < 4.78 is 0. The van der Waals surface area contributed by atoms with Gasteiger partial charge in [0.2, 0.25) is 5.91 Å². The van der Waals surface area contributed by atoms with Gasteiger partial charge >= 0.3 is 5.97 Å². The monoisotopic (exact) mass is 287 g/mol. The second-order valence-corrected chi connectivity index (χ2v) is 5.07. The summed E-state index contributed by atoms with van der Waals surface area (Å²) in [6.45, 7) is 3.63. The maximum atomic E-state index is 12.7. The van der Waals surface area contributed by atoms with E-state index in [9.17, 15) is 9.59 Å². The highest BCUT2D eigenvalue weighted by Crippen LogP contribution is 2.29. The summed E-state index contributed by atoms with van der Waals surface area (Å²) in [7, 11) is 0. The standard InChI is InChI=1S/C17H21NO3/c1-4-11-18(12-15(19)20)17(21)16(13(3)5-2)14-9-7-6-8-10-14/h1,6-10,13,16H,5,11-12H2,2-3H3,(H,19,20). The maximum Gasteiger partial charge on any atom is 0.323 e. The van der Waals surface area contributed by atoms with Crippen LogP contribution in [0, 0.1) is 18.3 Å². The van der Waals surface area contributed by atoms with E-state index in [2.05, 4.69) is 5.92 Å². The first kappa shape index (κ1) is 16.8. The highest BCUT2D eigenvalue weighted by Gasteiger charge is 2.30. The van der Waals surface area contributed by atoms with Crippen molar-refractivity contribution >= 4 is 11.9 Å². The minimum absolute atomic E-state index is 0.00486. The number of carboxylic acid groups (broad SMARTS) is 1. The molecule has 0 aliphatic rings. The highest BCUT2D eigenvalue weighted by molar-refractivity contribution is 5.87. The van der Waals surface area contributed by atoms with Crippen LogP contribution in [0.1, 0.15) is 31.7 Å². The fraction of sp³-hybridized carbons (Fsp3) is 0.412. The number of carbonyl (C=O) groups excluding carboxylic acids is 1. The van der Waals surface area contributed by atoms with Crippen molar-refractivity contribution in [1.29, 1.82) is 0 Å². The van der Waals surface area contributed by atoms with Gasteiger partial charge in [-0.3, -0.25) is 9.59 Å². The molecule has 0 saturated heterocycles. The van der Waals surface area contributed by atoms with Crippen LogP contribution in [0.25, 0.3) is 0 Å². The van der Waals surface area contributed by atoms with Gasteiger partial charge in [0.1, 0.15) is 6.54 Å². The number of rotatable bonds is 7. The highest BCUT2D eigenvalue weighted by atomic mass is 16.4. The lowest BCUT2D eigenvalue weighted by Crippen LogP contribution is -2.40. The van der Waals surface area contributed by atoms with Gasteiger partial charge in [-0.25, -0.2) is 0 Å². The molecule has 0 saturated carbocycles. The Morgan fingerprint density at radius 2 is 1.95 bits per heavy atom. The minimum atomic E-state index is -1.06. The lowest BCUT2D eigenvalue weighted by atomic mass is 9.84. The average Bonchev–Trinajstić information content (AvgIpc) is 2.47. The predicted octanol–water partition coefficient (Wildman–Crippen LogP) is 2.36. The minimum Gasteiger partial charge on any atom is -0.480 e. The summed E-state index contributed by atoms with van der Waals surface area (Å²) in [6.07, 6.45) is 6.08. The normalized spacial score (nSPS) is 13.0. The first-order valence-electron chi connectivity index (χ1n) is 7.00. The number of amides is 1. The molecule has 1 N–H and O–H groups in total. The Labute approximate surface area is 125 Å². The van der Waals surface area contributed by atoms with Crippen molar-refractivity contribution in [3.63, 3.8) is 0 Å². The molecule has 2 unspecified atom stereocenters. The van der Waals surface area contributed by atoms with Crippen molar-refractivity contribution in [3.8, 4) is 12.3 Å². The molecule has 1 amide bonds. The van der Waals surface area contributed by atoms with Gasteiger partial charge in [-0.05, 0) is 11.5 Å². The van der Waals surface area contributed by atoms with Crippen LogP contribution < -0.4 is 0 Å². The van der Waals surface area contributed by atoms with Gasteiger partial charge in [0.25, 0.3) is 0 Å². The molecule has 4 nitrogen and oxygen atoms in total. The zero-order valence-corrected chi connectivity index (χ0v) is 12.5. The third-order valence-electron chi connectivity index (χ3n) is 3.56. The van der Waals surface area contributed by atoms with E-state index in [1.807, 2.05) is 44.2 Å². The largest absolute Gasteiger partial charge is 0.480 e. The number of carboxylic acids is 1. The third-order valence-corrected chi connectivity index (χ3v) is 3.56. The molecule has 0 aliphatic heterocycles. The third kappa shape index (κ3) is 4.64. The molecule has 0 aliphatic carbocycles. The summed E-state index contributed by atoms with van der Waals surface area (Å²) in [6, 6.07) is 9.42. The van der Waals surface area contributed by atoms with Crippen molar-refractivity contribution in [2.75, 3.05) is 13.1 Å². The van der Waals surface area contributed by atoms with Crippen LogP contribution in [-0.4, -0.2) is 35.0 Å². The summed E-state index contributed by atoms with van der Waals surface area (Å²) >= 11 is 0. The molecule has 0 radical (unpaired) electrons. The summed E-state index contributed by atoms with van der Waals surface area (Å²) in [5.41, 5.74) is 0.893. The number of hydrogen-bond donors (Lipinski definition) is 1. The first-order valence-corrected chi connectivity index (χ1v) is 7.00. The van der Waals surface area contributed by atoms with Gasteiger partial charge in [-0.15, -0.1) is 6.42 Å². The number of aliphatic carboxylic acids is 1. The van der Waals surface area contributed by atoms with Crippen LogP contribution in [0.2, 0.25) is 0 Å². The summed E-state index contributed by atoms with van der Waals surface area (Å²) in [4.78, 5) is 24.9. The van der Waals surface area contributed by atoms with Crippen molar-refractivity contribution in [2.24, 2.45) is 5.92 Å². The fourth-order valence-corrected chi connectivity index (χ4v) is 2.29. The van der Waals surface area contributed by atoms with E-state index in [-0.39, 0.29) is 30.8 Å². The maximum absolute atomic E-state index is 12.7. The SMILES string of the molecule is C#CCN(CC(=O)O)C(=O)C(c1ccccc1)C(C)CC. The van der Waals surface area contributed by atoms with E-state index in [0.29, 0.717) is 0 Å². The Morgan fingerprint density at radius 1 is 1.33 bits per heavy atom. The van der Waals surface area contributed by atoms with E-state index in [1.165, 1.54) is 4.90 Å². The number of terminal acetylenes is 1. The van der Waals surface area contributed by atoms with Crippen LogP contribution in [0.15, 0.2) is 30.3 Å². The van der Waals surface area contributed by atoms with Crippen LogP contribution in [-0.2, 0) is 9.59 Å². The predicted molar refractivity (Wildman–Crippen MR) is 81.7 cm³/mol. The van der Waals surface area contributed by atoms with Gasteiger partial charge in [-0.2, -0.15) is 0 Å². The zero-order chi connectivity index (χ0) is 15.8. The van der Waals surface area contributed by atoms with E-state index >= 15 is 0 Å². The number of hydrogen-bond acceptors (Lipinski definition) is 2. The van der Waals surface area contributed by atoms with Gasteiger partial charge in [-0.1, -0.05) is 56.5 Å². The van der Waals surface area contributed by atoms with E-state index in [0.717, 1.165) is 12.0 Å². The van der Waals surface area contributed by atoms with Crippen LogP contribution in [0.4, 0.5) is 0 Å². The van der Waals surface area contributed by atoms with E-state index < -0.39 is 5.97 Å². The smallest absolute Gasteiger partial charge is 0.323 e. The van der Waals surface area contributed by atoms with Crippen LogP contribution >= 0.6 is 0 Å². The molecule has 112 valence electrons. The van der Waals surface area contributed by atoms with Crippen molar-refractivity contribution < 1.29 is 14.7 Å². The van der Waals surface area contributed by atoms with Crippen molar-refractivity contribution in [1.82, 2.24) is 4.90 Å². The molecule has 21 heavy (non-hydrogen) atoms. The molecular weight excluding hydrogens is 266 g/mol. The molecule has 1 aromatic rings. The molecule has 0 spiro atoms. The van der Waals surface area contributed by atoms with Gasteiger partial charge in [0.05, 0.1) is 12.5 Å². The number of benzene rings is 1. The summed E-state index contributed by atoms with van der Waals surface area (Å²) in [5, 5.41) is 8.95. The molecule has 1 rings (SSSR count). The first-order chi connectivity index (χ1) is 10.0. The zero-order valence-electron chi connectivity index (χ0n) is 12.5. The lowest BCUT2D eigenvalue weighted by Gasteiger charge is -2.28. The lowest BCUT2D eigenvalue weighted by molar-refractivity contribution is -0.145. The number of carbonyl (C=O) groups is 2. The Bertz CT molecular complexity index is 519. The Hall–Kier alpha value is -2.28. The fourth-order valence-electron chi connectivity index (χ4n) is 2.29. The van der Waals surface area contributed by atoms with Crippen molar-refractivity contribution in [3.05, 3.63) is 35.9 Å². The molecule has 1 aromatic carbocycles. The molecule has 2 atom stereocenters. The molecule has 0 fully saturated rings. The van der Waals surface area contributed by atoms with Gasteiger partial charge in [0.15, 0.2) is 0 Å². The Kier molecular flexibility index (Phi) is 6.48. The average molecular weight is 287 g/mol. The topological polar surface area (TPSA) is 57.6 Å². The van der Waals surface area contributed by atoms with Crippen molar-refractivity contribution in [2.45, 2.75) is 26.2 Å². The molecule has 0 heterocycles. The van der Waals surface area contributed by atoms with E-state index in [4.69, 9.17) is 11.5 Å². The Balaban J connectivity index is 3.09. The second kappa shape index (κ2) is 8.11. The molecule has 0 bridgehead atoms. The van der Waals surface area contributed by atoms with E-state index in [1.54, 1.807) is 0 Å².